The second kappa shape index (κ2) is 10.8. The maximum atomic E-state index is 14.5. The molecule has 0 unspecified atom stereocenters. The van der Waals surface area contributed by atoms with E-state index in [2.05, 4.69) is 5.32 Å². The van der Waals surface area contributed by atoms with Crippen molar-refractivity contribution in [3.63, 3.8) is 0 Å². The minimum absolute atomic E-state index is 0.00364. The number of nitrogens with one attached hydrogen (secondary N) is 1. The average molecular weight is 468 g/mol. The van der Waals surface area contributed by atoms with Crippen molar-refractivity contribution in [1.29, 1.82) is 0 Å². The van der Waals surface area contributed by atoms with E-state index in [0.717, 1.165) is 0 Å². The van der Waals surface area contributed by atoms with Crippen LogP contribution in [0.5, 0.6) is 5.75 Å². The minimum atomic E-state index is -0.783. The zero-order chi connectivity index (χ0) is 24.1. The SMILES string of the molecule is O=C(NCCCC(=O)c1ccc(OC2CCC(C(=O)O)CC2)cc1F)c1ccc(C2CC2)cc1. The maximum Gasteiger partial charge on any atom is 0.306 e. The Balaban J connectivity index is 1.20. The first-order valence-corrected chi connectivity index (χ1v) is 12.0. The third-order valence-electron chi connectivity index (χ3n) is 6.65. The molecule has 2 fully saturated rings. The lowest BCUT2D eigenvalue weighted by molar-refractivity contribution is -0.143. The van der Waals surface area contributed by atoms with Gasteiger partial charge in [-0.2, -0.15) is 0 Å². The summed E-state index contributed by atoms with van der Waals surface area (Å²) in [6.45, 7) is 0.330. The fourth-order valence-corrected chi connectivity index (χ4v) is 4.43. The van der Waals surface area contributed by atoms with E-state index in [4.69, 9.17) is 9.84 Å². The Morgan fingerprint density at radius 1 is 0.971 bits per heavy atom. The molecule has 2 aromatic carbocycles. The summed E-state index contributed by atoms with van der Waals surface area (Å²) in [7, 11) is 0. The highest BCUT2D eigenvalue weighted by Gasteiger charge is 2.27. The van der Waals surface area contributed by atoms with E-state index in [-0.39, 0.29) is 35.7 Å². The van der Waals surface area contributed by atoms with E-state index in [9.17, 15) is 18.8 Å². The van der Waals surface area contributed by atoms with Gasteiger partial charge in [-0.05, 0) is 80.7 Å². The molecule has 180 valence electrons. The van der Waals surface area contributed by atoms with E-state index >= 15 is 0 Å². The zero-order valence-corrected chi connectivity index (χ0v) is 19.1. The van der Waals surface area contributed by atoms with Crippen molar-refractivity contribution in [2.75, 3.05) is 6.54 Å². The average Bonchev–Trinajstić information content (AvgIpc) is 3.68. The van der Waals surface area contributed by atoms with Gasteiger partial charge in [0, 0.05) is 24.6 Å². The molecule has 2 aliphatic rings. The van der Waals surface area contributed by atoms with E-state index in [0.29, 0.717) is 55.9 Å². The number of hydrogen-bond acceptors (Lipinski definition) is 4. The van der Waals surface area contributed by atoms with Crippen LogP contribution in [0, 0.1) is 11.7 Å². The number of carbonyl (C=O) groups is 3. The Morgan fingerprint density at radius 3 is 2.29 bits per heavy atom. The smallest absolute Gasteiger partial charge is 0.306 e. The fraction of sp³-hybridized carbons (Fsp3) is 0.444. The van der Waals surface area contributed by atoms with Crippen LogP contribution < -0.4 is 10.1 Å². The van der Waals surface area contributed by atoms with Crippen molar-refractivity contribution in [2.45, 2.75) is 63.4 Å². The number of rotatable bonds is 10. The summed E-state index contributed by atoms with van der Waals surface area (Å²) in [6, 6.07) is 11.8. The van der Waals surface area contributed by atoms with Gasteiger partial charge in [0.2, 0.25) is 0 Å². The number of carboxylic acid groups (broad SMARTS) is 1. The highest BCUT2D eigenvalue weighted by atomic mass is 19.1. The largest absolute Gasteiger partial charge is 0.490 e. The van der Waals surface area contributed by atoms with Gasteiger partial charge in [-0.25, -0.2) is 4.39 Å². The van der Waals surface area contributed by atoms with E-state index < -0.39 is 11.8 Å². The summed E-state index contributed by atoms with van der Waals surface area (Å²) in [5, 5.41) is 11.9. The van der Waals surface area contributed by atoms with Crippen molar-refractivity contribution < 1.29 is 28.6 Å². The van der Waals surface area contributed by atoms with Crippen LogP contribution in [0.1, 0.15) is 83.6 Å². The molecule has 0 aliphatic heterocycles. The first kappa shape index (κ1) is 23.9. The van der Waals surface area contributed by atoms with Gasteiger partial charge >= 0.3 is 5.97 Å². The number of Topliss-reactive ketones (excluding diaryl/α,β-unsaturated/α-hetero) is 1. The number of carbonyl (C=O) groups excluding carboxylic acids is 2. The third-order valence-corrected chi connectivity index (χ3v) is 6.65. The highest BCUT2D eigenvalue weighted by molar-refractivity contribution is 5.96. The molecule has 0 aromatic heterocycles. The van der Waals surface area contributed by atoms with E-state index in [1.807, 2.05) is 24.3 Å². The van der Waals surface area contributed by atoms with Gasteiger partial charge in [-0.1, -0.05) is 12.1 Å². The topological polar surface area (TPSA) is 92.7 Å². The summed E-state index contributed by atoms with van der Waals surface area (Å²) in [4.78, 5) is 35.8. The van der Waals surface area contributed by atoms with Gasteiger partial charge in [0.1, 0.15) is 11.6 Å². The Morgan fingerprint density at radius 2 is 1.68 bits per heavy atom. The normalized spacial score (nSPS) is 19.9. The lowest BCUT2D eigenvalue weighted by Gasteiger charge is -2.26. The standard InChI is InChI=1S/C27H30FNO5/c28-24-16-22(34-21-11-9-20(10-12-21)27(32)33)13-14-23(24)25(30)2-1-15-29-26(31)19-7-5-18(6-8-19)17-3-4-17/h5-8,13-14,16-17,20-21H,1-4,9-12,15H2,(H,29,31)(H,32,33). The Hall–Kier alpha value is -3.22. The zero-order valence-electron chi connectivity index (χ0n) is 19.1. The summed E-state index contributed by atoms with van der Waals surface area (Å²) in [6.07, 6.45) is 5.11. The van der Waals surface area contributed by atoms with Crippen LogP contribution in [-0.2, 0) is 4.79 Å². The Kier molecular flexibility index (Phi) is 7.60. The van der Waals surface area contributed by atoms with Crippen LogP contribution in [0.25, 0.3) is 0 Å². The Labute approximate surface area is 198 Å². The summed E-state index contributed by atoms with van der Waals surface area (Å²) in [5.41, 5.74) is 1.86. The molecule has 2 aliphatic carbocycles. The van der Waals surface area contributed by atoms with Crippen LogP contribution in [-0.4, -0.2) is 35.4 Å². The van der Waals surface area contributed by atoms with Crippen molar-refractivity contribution >= 4 is 17.7 Å². The lowest BCUT2D eigenvalue weighted by atomic mass is 9.87. The van der Waals surface area contributed by atoms with Gasteiger partial charge in [-0.15, -0.1) is 0 Å². The van der Waals surface area contributed by atoms with Gasteiger partial charge < -0.3 is 15.2 Å². The number of ether oxygens (including phenoxy) is 1. The first-order chi connectivity index (χ1) is 16.4. The van der Waals surface area contributed by atoms with Gasteiger partial charge in [0.25, 0.3) is 5.91 Å². The molecule has 2 N–H and O–H groups in total. The lowest BCUT2D eigenvalue weighted by Crippen LogP contribution is -2.27. The minimum Gasteiger partial charge on any atom is -0.490 e. The predicted octanol–water partition coefficient (Wildman–Crippen LogP) is 5.12. The molecule has 1 amide bonds. The molecular weight excluding hydrogens is 437 g/mol. The van der Waals surface area contributed by atoms with Gasteiger partial charge in [0.05, 0.1) is 17.6 Å². The highest BCUT2D eigenvalue weighted by Crippen LogP contribution is 2.39. The van der Waals surface area contributed by atoms with Crippen molar-refractivity contribution in [3.05, 3.63) is 65.0 Å². The monoisotopic (exact) mass is 467 g/mol. The quantitative estimate of drug-likeness (QED) is 0.374. The molecule has 0 heterocycles. The molecule has 6 nitrogen and oxygen atoms in total. The first-order valence-electron chi connectivity index (χ1n) is 12.0. The van der Waals surface area contributed by atoms with Crippen LogP contribution in [0.15, 0.2) is 42.5 Å². The van der Waals surface area contributed by atoms with Gasteiger partial charge in [0.15, 0.2) is 5.78 Å². The molecule has 0 bridgehead atoms. The van der Waals surface area contributed by atoms with Crippen LogP contribution >= 0.6 is 0 Å². The molecule has 0 spiro atoms. The van der Waals surface area contributed by atoms with E-state index in [1.165, 1.54) is 30.5 Å². The molecule has 2 saturated carbocycles. The predicted molar refractivity (Wildman–Crippen MR) is 125 cm³/mol. The fourth-order valence-electron chi connectivity index (χ4n) is 4.43. The second-order valence-electron chi connectivity index (χ2n) is 9.25. The van der Waals surface area contributed by atoms with Crippen LogP contribution in [0.2, 0.25) is 0 Å². The molecule has 4 rings (SSSR count). The van der Waals surface area contributed by atoms with E-state index in [1.54, 1.807) is 6.07 Å². The summed E-state index contributed by atoms with van der Waals surface area (Å²) >= 11 is 0. The molecular formula is C27H30FNO5. The van der Waals surface area contributed by atoms with Gasteiger partial charge in [-0.3, -0.25) is 14.4 Å². The number of hydrogen-bond donors (Lipinski definition) is 2. The third kappa shape index (κ3) is 6.22. The maximum absolute atomic E-state index is 14.5. The number of ketones is 1. The number of amides is 1. The van der Waals surface area contributed by atoms with Crippen LogP contribution in [0.4, 0.5) is 4.39 Å². The van der Waals surface area contributed by atoms with Crippen molar-refractivity contribution in [1.82, 2.24) is 5.32 Å². The van der Waals surface area contributed by atoms with Crippen molar-refractivity contribution in [3.8, 4) is 5.75 Å². The molecule has 0 radical (unpaired) electrons. The molecule has 2 aromatic rings. The van der Waals surface area contributed by atoms with Crippen LogP contribution in [0.3, 0.4) is 0 Å². The molecule has 0 atom stereocenters. The molecule has 0 saturated heterocycles. The number of benzene rings is 2. The summed E-state index contributed by atoms with van der Waals surface area (Å²) in [5.74, 6) is -1.28. The number of halogens is 1. The van der Waals surface area contributed by atoms with Crippen molar-refractivity contribution in [2.24, 2.45) is 5.92 Å². The Bertz CT molecular complexity index is 1040. The number of aliphatic carboxylic acids is 1. The molecule has 7 heteroatoms. The number of carboxylic acids is 1. The second-order valence-corrected chi connectivity index (χ2v) is 9.25. The molecule has 34 heavy (non-hydrogen) atoms. The summed E-state index contributed by atoms with van der Waals surface area (Å²) < 4.78 is 20.3.